The summed E-state index contributed by atoms with van der Waals surface area (Å²) in [6, 6.07) is 8.71. The summed E-state index contributed by atoms with van der Waals surface area (Å²) in [5, 5.41) is 12.4. The molecule has 35 heavy (non-hydrogen) atoms. The Labute approximate surface area is 201 Å². The lowest BCUT2D eigenvalue weighted by atomic mass is 9.82. The van der Waals surface area contributed by atoms with Gasteiger partial charge in [0.25, 0.3) is 0 Å². The number of nitrogens with two attached hydrogens (primary N) is 1. The van der Waals surface area contributed by atoms with Gasteiger partial charge < -0.3 is 20.5 Å². The molecule has 0 bridgehead atoms. The van der Waals surface area contributed by atoms with Crippen molar-refractivity contribution in [2.24, 2.45) is 5.92 Å². The number of amides is 4. The number of aromatic nitrogens is 1. The SMILES string of the molecule is COC(=O)Nc1ccc(C2CCCN(C(=O)N3C(=O)[C@H](Cc4ccnc(N)c4)[C@H]3C(=O)O)C2)cc1. The largest absolute Gasteiger partial charge is 0.480 e. The molecular weight excluding hydrogens is 454 g/mol. The minimum Gasteiger partial charge on any atom is -0.480 e. The Kier molecular flexibility index (Phi) is 6.85. The van der Waals surface area contributed by atoms with Gasteiger partial charge in [-0.3, -0.25) is 10.1 Å². The summed E-state index contributed by atoms with van der Waals surface area (Å²) in [6.07, 6.45) is 2.66. The second kappa shape index (κ2) is 10.00. The summed E-state index contributed by atoms with van der Waals surface area (Å²) >= 11 is 0. The number of imide groups is 1. The molecule has 11 nitrogen and oxygen atoms in total. The third-order valence-corrected chi connectivity index (χ3v) is 6.48. The van der Waals surface area contributed by atoms with E-state index in [1.54, 1.807) is 29.2 Å². The molecule has 0 aliphatic carbocycles. The number of urea groups is 1. The Balaban J connectivity index is 1.43. The molecule has 184 valence electrons. The van der Waals surface area contributed by atoms with Gasteiger partial charge >= 0.3 is 18.1 Å². The molecule has 0 spiro atoms. The molecule has 1 unspecified atom stereocenters. The van der Waals surface area contributed by atoms with E-state index in [9.17, 15) is 24.3 Å². The van der Waals surface area contributed by atoms with Crippen LogP contribution in [0.15, 0.2) is 42.6 Å². The summed E-state index contributed by atoms with van der Waals surface area (Å²) < 4.78 is 4.58. The van der Waals surface area contributed by atoms with Crippen LogP contribution >= 0.6 is 0 Å². The molecular formula is C24H27N5O6. The third kappa shape index (κ3) is 5.03. The highest BCUT2D eigenvalue weighted by Gasteiger charge is 2.55. The lowest BCUT2D eigenvalue weighted by molar-refractivity contribution is -0.166. The number of aliphatic carboxylic acids is 1. The van der Waals surface area contributed by atoms with E-state index in [1.807, 2.05) is 12.1 Å². The van der Waals surface area contributed by atoms with Gasteiger partial charge in [0.1, 0.15) is 5.82 Å². The number of likely N-dealkylation sites (tertiary alicyclic amines) is 2. The molecule has 2 saturated heterocycles. The number of β-lactam (4-membered cyclic amide) rings is 1. The first-order valence-electron chi connectivity index (χ1n) is 11.3. The number of nitrogens with one attached hydrogen (secondary N) is 1. The normalized spacial score (nSPS) is 21.7. The number of anilines is 2. The molecule has 4 amide bonds. The van der Waals surface area contributed by atoms with Crippen molar-refractivity contribution in [3.8, 4) is 0 Å². The van der Waals surface area contributed by atoms with Crippen LogP contribution in [0.5, 0.6) is 0 Å². The molecule has 0 radical (unpaired) electrons. The minimum absolute atomic E-state index is 0.0233. The highest BCUT2D eigenvalue weighted by molar-refractivity contribution is 6.07. The number of hydrogen-bond acceptors (Lipinski definition) is 7. The smallest absolute Gasteiger partial charge is 0.411 e. The lowest BCUT2D eigenvalue weighted by Gasteiger charge is -2.46. The number of nitrogens with zero attached hydrogens (tertiary/aromatic N) is 3. The number of methoxy groups -OCH3 is 1. The van der Waals surface area contributed by atoms with Crippen LogP contribution in [-0.4, -0.2) is 70.1 Å². The standard InChI is InChI=1S/C24H27N5O6/c1-35-23(33)27-17-6-4-15(5-7-17)16-3-2-10-28(13-16)24(34)29-20(22(31)32)18(21(29)30)11-14-8-9-26-19(25)12-14/h4-9,12,16,18,20H,2-3,10-11,13H2,1H3,(H2,25,26)(H,27,33)(H,31,32)/t16?,18-,20+/m1/s1. The fourth-order valence-corrected chi connectivity index (χ4v) is 4.70. The summed E-state index contributed by atoms with van der Waals surface area (Å²) in [5.74, 6) is -2.25. The minimum atomic E-state index is -1.23. The van der Waals surface area contributed by atoms with Crippen LogP contribution in [0.25, 0.3) is 0 Å². The number of piperidine rings is 1. The number of benzene rings is 1. The summed E-state index contributed by atoms with van der Waals surface area (Å²) in [6.45, 7) is 0.809. The third-order valence-electron chi connectivity index (χ3n) is 6.48. The number of carboxylic acid groups (broad SMARTS) is 1. The molecule has 2 aliphatic heterocycles. The predicted molar refractivity (Wildman–Crippen MR) is 126 cm³/mol. The van der Waals surface area contributed by atoms with Crippen molar-refractivity contribution < 1.29 is 29.0 Å². The number of hydrogen-bond donors (Lipinski definition) is 3. The Morgan fingerprint density at radius 1 is 1.23 bits per heavy atom. The summed E-state index contributed by atoms with van der Waals surface area (Å²) in [5.41, 5.74) is 7.94. The lowest BCUT2D eigenvalue weighted by Crippen LogP contribution is -2.69. The molecule has 3 heterocycles. The summed E-state index contributed by atoms with van der Waals surface area (Å²) in [4.78, 5) is 55.7. The van der Waals surface area contributed by atoms with Crippen LogP contribution in [0.1, 0.15) is 29.9 Å². The molecule has 4 N–H and O–H groups in total. The highest BCUT2D eigenvalue weighted by atomic mass is 16.5. The van der Waals surface area contributed by atoms with Crippen molar-refractivity contribution in [3.05, 3.63) is 53.7 Å². The van der Waals surface area contributed by atoms with E-state index < -0.39 is 36.0 Å². The number of rotatable bonds is 5. The van der Waals surface area contributed by atoms with Gasteiger partial charge in [-0.2, -0.15) is 0 Å². The maximum Gasteiger partial charge on any atom is 0.411 e. The fraction of sp³-hybridized carbons (Fsp3) is 0.375. The van der Waals surface area contributed by atoms with Crippen LogP contribution in [0, 0.1) is 5.92 Å². The van der Waals surface area contributed by atoms with Crippen LogP contribution < -0.4 is 11.1 Å². The van der Waals surface area contributed by atoms with E-state index >= 15 is 0 Å². The van der Waals surface area contributed by atoms with Gasteiger partial charge in [-0.1, -0.05) is 12.1 Å². The number of nitrogen functional groups attached to an aromatic ring is 1. The average Bonchev–Trinajstić information content (AvgIpc) is 2.85. The molecule has 2 aliphatic rings. The Hall–Kier alpha value is -4.15. The molecule has 4 rings (SSSR count). The zero-order valence-corrected chi connectivity index (χ0v) is 19.2. The van der Waals surface area contributed by atoms with Crippen molar-refractivity contribution in [1.82, 2.24) is 14.8 Å². The van der Waals surface area contributed by atoms with Gasteiger partial charge in [0, 0.05) is 30.9 Å². The van der Waals surface area contributed by atoms with E-state index in [2.05, 4.69) is 15.0 Å². The number of carbonyl (C=O) groups excluding carboxylic acids is 3. The second-order valence-corrected chi connectivity index (χ2v) is 8.70. The van der Waals surface area contributed by atoms with E-state index in [0.29, 0.717) is 24.3 Å². The Morgan fingerprint density at radius 2 is 1.97 bits per heavy atom. The first-order chi connectivity index (χ1) is 16.8. The van der Waals surface area contributed by atoms with Crippen LogP contribution in [-0.2, 0) is 20.7 Å². The Bertz CT molecular complexity index is 1140. The molecule has 2 fully saturated rings. The molecule has 1 aromatic carbocycles. The summed E-state index contributed by atoms with van der Waals surface area (Å²) in [7, 11) is 1.28. The fourth-order valence-electron chi connectivity index (χ4n) is 4.70. The van der Waals surface area contributed by atoms with Gasteiger partial charge in [0.2, 0.25) is 5.91 Å². The van der Waals surface area contributed by atoms with Crippen molar-refractivity contribution in [2.75, 3.05) is 31.2 Å². The molecule has 11 heteroatoms. The molecule has 3 atom stereocenters. The van der Waals surface area contributed by atoms with Gasteiger partial charge in [-0.05, 0) is 54.7 Å². The van der Waals surface area contributed by atoms with E-state index in [4.69, 9.17) is 5.73 Å². The molecule has 0 saturated carbocycles. The topological polar surface area (TPSA) is 155 Å². The average molecular weight is 482 g/mol. The van der Waals surface area contributed by atoms with E-state index in [-0.39, 0.29) is 18.2 Å². The number of pyridine rings is 1. The zero-order valence-electron chi connectivity index (χ0n) is 19.2. The quantitative estimate of drug-likeness (QED) is 0.550. The molecule has 1 aromatic heterocycles. The van der Waals surface area contributed by atoms with Crippen molar-refractivity contribution in [2.45, 2.75) is 31.2 Å². The first kappa shape index (κ1) is 24.0. The van der Waals surface area contributed by atoms with E-state index in [1.165, 1.54) is 13.3 Å². The van der Waals surface area contributed by atoms with Gasteiger partial charge in [-0.25, -0.2) is 24.3 Å². The Morgan fingerprint density at radius 3 is 2.63 bits per heavy atom. The number of ether oxygens (including phenoxy) is 1. The second-order valence-electron chi connectivity index (χ2n) is 8.70. The monoisotopic (exact) mass is 481 g/mol. The number of carboxylic acids is 1. The van der Waals surface area contributed by atoms with Gasteiger partial charge in [0.15, 0.2) is 6.04 Å². The number of carbonyl (C=O) groups is 4. The van der Waals surface area contributed by atoms with E-state index in [0.717, 1.165) is 23.3 Å². The van der Waals surface area contributed by atoms with Gasteiger partial charge in [0.05, 0.1) is 13.0 Å². The van der Waals surface area contributed by atoms with Crippen molar-refractivity contribution in [1.29, 1.82) is 0 Å². The zero-order chi connectivity index (χ0) is 25.1. The van der Waals surface area contributed by atoms with Crippen LogP contribution in [0.3, 0.4) is 0 Å². The maximum absolute atomic E-state index is 13.2. The first-order valence-corrected chi connectivity index (χ1v) is 11.3. The van der Waals surface area contributed by atoms with Gasteiger partial charge in [-0.15, -0.1) is 0 Å². The van der Waals surface area contributed by atoms with Crippen LogP contribution in [0.4, 0.5) is 21.1 Å². The van der Waals surface area contributed by atoms with Crippen molar-refractivity contribution >= 4 is 35.5 Å². The van der Waals surface area contributed by atoms with Crippen molar-refractivity contribution in [3.63, 3.8) is 0 Å². The predicted octanol–water partition coefficient (Wildman–Crippen LogP) is 2.30. The van der Waals surface area contributed by atoms with Crippen LogP contribution in [0.2, 0.25) is 0 Å². The molecule has 2 aromatic rings. The maximum atomic E-state index is 13.2. The highest BCUT2D eigenvalue weighted by Crippen LogP contribution is 2.34.